The Morgan fingerprint density at radius 2 is 1.96 bits per heavy atom. The van der Waals surface area contributed by atoms with Gasteiger partial charge in [0.05, 0.1) is 12.0 Å². The van der Waals surface area contributed by atoms with Crippen LogP contribution in [0.15, 0.2) is 30.3 Å². The molecule has 2 rings (SSSR count). The average molecular weight is 319 g/mol. The average Bonchev–Trinajstić information content (AvgIpc) is 2.53. The van der Waals surface area contributed by atoms with Gasteiger partial charge >= 0.3 is 5.97 Å². The first-order valence-corrected chi connectivity index (χ1v) is 7.98. The molecule has 1 saturated carbocycles. The van der Waals surface area contributed by atoms with E-state index >= 15 is 0 Å². The van der Waals surface area contributed by atoms with Gasteiger partial charge in [-0.25, -0.2) is 4.79 Å². The molecular weight excluding hydrogens is 294 g/mol. The van der Waals surface area contributed by atoms with E-state index in [0.29, 0.717) is 6.61 Å². The number of amides is 1. The molecule has 2 unspecified atom stereocenters. The summed E-state index contributed by atoms with van der Waals surface area (Å²) in [7, 11) is 0. The van der Waals surface area contributed by atoms with Gasteiger partial charge in [0.1, 0.15) is 5.54 Å². The highest BCUT2D eigenvalue weighted by atomic mass is 16.5. The molecule has 5 heteroatoms. The number of ether oxygens (including phenoxy) is 1. The van der Waals surface area contributed by atoms with Crippen LogP contribution in [0, 0.1) is 5.41 Å². The number of benzene rings is 1. The quantitative estimate of drug-likeness (QED) is 0.845. The van der Waals surface area contributed by atoms with E-state index in [1.807, 2.05) is 51.1 Å². The number of carbonyl (C=O) groups is 2. The van der Waals surface area contributed by atoms with Crippen LogP contribution in [0.2, 0.25) is 0 Å². The standard InChI is InChI=1S/C18H25NO4/c1-5-23-14-11-18(16(21)22,17(14,3)4)19-15(20)12(2)13-9-7-6-8-10-13/h6-10,12,14H,5,11H2,1-4H3,(H,19,20)(H,21,22)/t12-,14?,18?/m1/s1. The first kappa shape index (κ1) is 17.5. The van der Waals surface area contributed by atoms with Gasteiger partial charge in [0.15, 0.2) is 0 Å². The number of carboxylic acid groups (broad SMARTS) is 1. The minimum absolute atomic E-state index is 0.170. The molecule has 1 aliphatic rings. The maximum Gasteiger partial charge on any atom is 0.330 e. The van der Waals surface area contributed by atoms with E-state index < -0.39 is 22.8 Å². The summed E-state index contributed by atoms with van der Waals surface area (Å²) >= 11 is 0. The van der Waals surface area contributed by atoms with Crippen molar-refractivity contribution in [3.63, 3.8) is 0 Å². The van der Waals surface area contributed by atoms with Gasteiger partial charge in [0.25, 0.3) is 0 Å². The maximum atomic E-state index is 12.6. The Kier molecular flexibility index (Phi) is 4.80. The Labute approximate surface area is 137 Å². The molecule has 2 N–H and O–H groups in total. The van der Waals surface area contributed by atoms with Gasteiger partial charge in [-0.05, 0) is 19.4 Å². The third-order valence-electron chi connectivity index (χ3n) is 5.16. The van der Waals surface area contributed by atoms with E-state index in [9.17, 15) is 14.7 Å². The molecule has 0 aromatic heterocycles. The fraction of sp³-hybridized carbons (Fsp3) is 0.556. The molecule has 1 amide bonds. The van der Waals surface area contributed by atoms with Crippen molar-refractivity contribution in [3.05, 3.63) is 35.9 Å². The number of carboxylic acids is 1. The Hall–Kier alpha value is -1.88. The highest BCUT2D eigenvalue weighted by Crippen LogP contribution is 2.51. The third-order valence-corrected chi connectivity index (χ3v) is 5.16. The highest BCUT2D eigenvalue weighted by Gasteiger charge is 2.66. The molecule has 5 nitrogen and oxygen atoms in total. The first-order chi connectivity index (χ1) is 10.8. The largest absolute Gasteiger partial charge is 0.479 e. The molecule has 23 heavy (non-hydrogen) atoms. The van der Waals surface area contributed by atoms with Crippen LogP contribution in [0.3, 0.4) is 0 Å². The van der Waals surface area contributed by atoms with E-state index in [4.69, 9.17) is 4.74 Å². The van der Waals surface area contributed by atoms with Gasteiger partial charge in [-0.15, -0.1) is 0 Å². The fourth-order valence-electron chi connectivity index (χ4n) is 3.25. The summed E-state index contributed by atoms with van der Waals surface area (Å²) in [5.74, 6) is -1.69. The summed E-state index contributed by atoms with van der Waals surface area (Å²) in [6, 6.07) is 9.35. The summed E-state index contributed by atoms with van der Waals surface area (Å²) in [5.41, 5.74) is -1.09. The summed E-state index contributed by atoms with van der Waals surface area (Å²) in [6.45, 7) is 7.85. The number of hydrogen-bond acceptors (Lipinski definition) is 3. The molecule has 0 heterocycles. The summed E-state index contributed by atoms with van der Waals surface area (Å²) < 4.78 is 5.61. The van der Waals surface area contributed by atoms with Crippen molar-refractivity contribution in [2.24, 2.45) is 5.41 Å². The minimum Gasteiger partial charge on any atom is -0.479 e. The molecule has 1 fully saturated rings. The van der Waals surface area contributed by atoms with Gasteiger partial charge in [0, 0.05) is 18.4 Å². The predicted molar refractivity (Wildman–Crippen MR) is 87.2 cm³/mol. The topological polar surface area (TPSA) is 75.6 Å². The maximum absolute atomic E-state index is 12.6. The second-order valence-electron chi connectivity index (χ2n) is 6.70. The van der Waals surface area contributed by atoms with Crippen molar-refractivity contribution in [2.75, 3.05) is 6.61 Å². The van der Waals surface area contributed by atoms with Crippen LogP contribution in [-0.4, -0.2) is 35.2 Å². The number of aliphatic carboxylic acids is 1. The van der Waals surface area contributed by atoms with Gasteiger partial charge < -0.3 is 15.2 Å². The number of rotatable bonds is 6. The fourth-order valence-corrected chi connectivity index (χ4v) is 3.25. The summed E-state index contributed by atoms with van der Waals surface area (Å²) in [4.78, 5) is 24.5. The van der Waals surface area contributed by atoms with Crippen LogP contribution in [0.1, 0.15) is 45.6 Å². The zero-order valence-electron chi connectivity index (χ0n) is 14.1. The Balaban J connectivity index is 2.18. The van der Waals surface area contributed by atoms with E-state index in [-0.39, 0.29) is 18.4 Å². The van der Waals surface area contributed by atoms with E-state index in [1.165, 1.54) is 0 Å². The highest BCUT2D eigenvalue weighted by molar-refractivity contribution is 5.92. The van der Waals surface area contributed by atoms with Crippen LogP contribution in [0.4, 0.5) is 0 Å². The number of carbonyl (C=O) groups excluding carboxylic acids is 1. The lowest BCUT2D eigenvalue weighted by molar-refractivity contribution is -0.194. The number of hydrogen-bond donors (Lipinski definition) is 2. The van der Waals surface area contributed by atoms with Crippen LogP contribution in [0.5, 0.6) is 0 Å². The summed E-state index contributed by atoms with van der Waals surface area (Å²) in [5, 5.41) is 12.5. The van der Waals surface area contributed by atoms with Crippen LogP contribution in [0.25, 0.3) is 0 Å². The molecule has 0 spiro atoms. The van der Waals surface area contributed by atoms with E-state index in [2.05, 4.69) is 5.32 Å². The lowest BCUT2D eigenvalue weighted by atomic mass is 9.54. The van der Waals surface area contributed by atoms with E-state index in [0.717, 1.165) is 5.56 Å². The normalized spacial score (nSPS) is 26.9. The van der Waals surface area contributed by atoms with Gasteiger partial charge in [0.2, 0.25) is 5.91 Å². The van der Waals surface area contributed by atoms with Gasteiger partial charge in [-0.2, -0.15) is 0 Å². The molecule has 0 radical (unpaired) electrons. The molecule has 126 valence electrons. The molecule has 1 aromatic rings. The lowest BCUT2D eigenvalue weighted by Gasteiger charge is -2.58. The van der Waals surface area contributed by atoms with Crippen molar-refractivity contribution in [3.8, 4) is 0 Å². The predicted octanol–water partition coefficient (Wildman–Crippen LogP) is 2.56. The van der Waals surface area contributed by atoms with Gasteiger partial charge in [-0.1, -0.05) is 44.2 Å². The first-order valence-electron chi connectivity index (χ1n) is 7.98. The van der Waals surface area contributed by atoms with Crippen molar-refractivity contribution >= 4 is 11.9 Å². The SMILES string of the molecule is CCOC1CC(NC(=O)[C@H](C)c2ccccc2)(C(=O)O)C1(C)C. The molecule has 3 atom stereocenters. The zero-order chi connectivity index (χ0) is 17.3. The van der Waals surface area contributed by atoms with Crippen molar-refractivity contribution < 1.29 is 19.4 Å². The van der Waals surface area contributed by atoms with Crippen molar-refractivity contribution in [1.29, 1.82) is 0 Å². The molecule has 0 bridgehead atoms. The second-order valence-corrected chi connectivity index (χ2v) is 6.70. The molecule has 0 saturated heterocycles. The molecule has 1 aromatic carbocycles. The number of nitrogens with one attached hydrogen (secondary N) is 1. The molecule has 0 aliphatic heterocycles. The van der Waals surface area contributed by atoms with Crippen molar-refractivity contribution in [1.82, 2.24) is 5.32 Å². The third kappa shape index (κ3) is 2.85. The Morgan fingerprint density at radius 1 is 1.35 bits per heavy atom. The second kappa shape index (κ2) is 6.32. The monoisotopic (exact) mass is 319 g/mol. The minimum atomic E-state index is -1.28. The van der Waals surface area contributed by atoms with Crippen LogP contribution >= 0.6 is 0 Å². The van der Waals surface area contributed by atoms with Gasteiger partial charge in [-0.3, -0.25) is 4.79 Å². The van der Waals surface area contributed by atoms with Crippen molar-refractivity contribution in [2.45, 2.75) is 51.7 Å². The van der Waals surface area contributed by atoms with E-state index in [1.54, 1.807) is 6.92 Å². The summed E-state index contributed by atoms with van der Waals surface area (Å²) in [6.07, 6.45) is 0.118. The molecular formula is C18H25NO4. The Bertz CT molecular complexity index is 584. The lowest BCUT2D eigenvalue weighted by Crippen LogP contribution is -2.76. The Morgan fingerprint density at radius 3 is 2.43 bits per heavy atom. The smallest absolute Gasteiger partial charge is 0.330 e. The zero-order valence-corrected chi connectivity index (χ0v) is 14.1. The van der Waals surface area contributed by atoms with Crippen LogP contribution in [-0.2, 0) is 14.3 Å². The van der Waals surface area contributed by atoms with Crippen LogP contribution < -0.4 is 5.32 Å². The molecule has 1 aliphatic carbocycles.